The van der Waals surface area contributed by atoms with Crippen LogP contribution in [0.4, 0.5) is 8.78 Å². The molecule has 39 heavy (non-hydrogen) atoms. The Morgan fingerprint density at radius 3 is 2.54 bits per heavy atom. The van der Waals surface area contributed by atoms with Crippen LogP contribution in [0.1, 0.15) is 24.8 Å². The maximum Gasteiger partial charge on any atom is 0.335 e. The molecule has 0 saturated heterocycles. The van der Waals surface area contributed by atoms with Crippen LogP contribution in [0.2, 0.25) is 0 Å². The predicted molar refractivity (Wildman–Crippen MR) is 150 cm³/mol. The quantitative estimate of drug-likeness (QED) is 0.287. The van der Waals surface area contributed by atoms with Gasteiger partial charge in [-0.15, -0.1) is 0 Å². The molecule has 0 saturated carbocycles. The Hall–Kier alpha value is -4.30. The van der Waals surface area contributed by atoms with Crippen LogP contribution in [0.5, 0.6) is 0 Å². The number of nitrogens with zero attached hydrogens (tertiary/aromatic N) is 3. The third-order valence-electron chi connectivity index (χ3n) is 7.54. The Kier molecular flexibility index (Phi) is 6.70. The number of rotatable bonds is 7. The summed E-state index contributed by atoms with van der Waals surface area (Å²) in [5.74, 6) is -0.742. The van der Waals surface area contributed by atoms with Gasteiger partial charge in [0.05, 0.1) is 11.1 Å². The van der Waals surface area contributed by atoms with Gasteiger partial charge < -0.3 is 4.98 Å². The summed E-state index contributed by atoms with van der Waals surface area (Å²) in [7, 11) is 0. The van der Waals surface area contributed by atoms with Crippen molar-refractivity contribution < 1.29 is 8.78 Å². The van der Waals surface area contributed by atoms with Gasteiger partial charge in [0.15, 0.2) is 0 Å². The van der Waals surface area contributed by atoms with Crippen LogP contribution in [0.25, 0.3) is 33.1 Å². The first-order valence-electron chi connectivity index (χ1n) is 13.2. The van der Waals surface area contributed by atoms with E-state index in [-0.39, 0.29) is 23.5 Å². The molecule has 3 aromatic heterocycles. The highest BCUT2D eigenvalue weighted by molar-refractivity contribution is 5.92. The van der Waals surface area contributed by atoms with Gasteiger partial charge in [-0.25, -0.2) is 13.6 Å². The average molecular weight is 527 g/mol. The molecule has 2 aromatic carbocycles. The number of halogens is 2. The molecule has 0 unspecified atom stereocenters. The minimum atomic E-state index is -0.499. The fraction of sp³-hybridized carbons (Fsp3) is 0.226. The SMILES string of the molecule is O=c1c(-c2ccccc2F)c2ccccn2c(=O)n1CCCCN1CC=C(c2c[nH]c3ccc(F)cc23)CC1. The van der Waals surface area contributed by atoms with Gasteiger partial charge in [-0.05, 0) is 67.8 Å². The monoisotopic (exact) mass is 526 g/mol. The molecule has 1 N–H and O–H groups in total. The number of nitrogens with one attached hydrogen (secondary N) is 1. The van der Waals surface area contributed by atoms with Crippen molar-refractivity contribution in [1.29, 1.82) is 0 Å². The van der Waals surface area contributed by atoms with E-state index in [1.807, 2.05) is 6.20 Å². The Balaban J connectivity index is 1.15. The molecule has 4 heterocycles. The lowest BCUT2D eigenvalue weighted by atomic mass is 9.98. The van der Waals surface area contributed by atoms with Gasteiger partial charge in [-0.1, -0.05) is 30.3 Å². The summed E-state index contributed by atoms with van der Waals surface area (Å²) < 4.78 is 31.1. The fourth-order valence-corrected chi connectivity index (χ4v) is 5.51. The van der Waals surface area contributed by atoms with Crippen molar-refractivity contribution in [3.05, 3.63) is 117 Å². The normalized spacial score (nSPS) is 14.3. The zero-order valence-electron chi connectivity index (χ0n) is 21.4. The lowest BCUT2D eigenvalue weighted by molar-refractivity contribution is 0.292. The topological polar surface area (TPSA) is 62.5 Å². The van der Waals surface area contributed by atoms with Crippen LogP contribution < -0.4 is 11.2 Å². The highest BCUT2D eigenvalue weighted by Crippen LogP contribution is 2.30. The fourth-order valence-electron chi connectivity index (χ4n) is 5.51. The number of pyridine rings is 1. The number of aromatic amines is 1. The van der Waals surface area contributed by atoms with E-state index >= 15 is 0 Å². The lowest BCUT2D eigenvalue weighted by Gasteiger charge is -2.26. The molecule has 0 bridgehead atoms. The predicted octanol–water partition coefficient (Wildman–Crippen LogP) is 5.46. The van der Waals surface area contributed by atoms with E-state index in [1.54, 1.807) is 54.7 Å². The first-order valence-corrected chi connectivity index (χ1v) is 13.2. The number of hydrogen-bond acceptors (Lipinski definition) is 3. The Morgan fingerprint density at radius 1 is 0.897 bits per heavy atom. The molecule has 0 radical (unpaired) electrons. The van der Waals surface area contributed by atoms with Crippen LogP contribution in [0, 0.1) is 11.6 Å². The standard InChI is InChI=1S/C31H28F2N4O2/c32-22-10-11-27-24(19-22)25(20-34-27)21-12-17-35(18-13-21)14-5-6-16-37-30(38)29(23-7-1-2-8-26(23)33)28-9-3-4-15-36(28)31(37)39/h1-4,7-12,15,19-20,34H,5-6,13-14,16-18H2. The van der Waals surface area contributed by atoms with E-state index < -0.39 is 17.1 Å². The van der Waals surface area contributed by atoms with E-state index in [0.717, 1.165) is 48.9 Å². The zero-order chi connectivity index (χ0) is 26.9. The number of unbranched alkanes of at least 4 members (excludes halogenated alkanes) is 1. The minimum absolute atomic E-state index is 0.189. The Morgan fingerprint density at radius 2 is 1.72 bits per heavy atom. The van der Waals surface area contributed by atoms with E-state index in [4.69, 9.17) is 0 Å². The van der Waals surface area contributed by atoms with Crippen molar-refractivity contribution in [2.45, 2.75) is 25.8 Å². The van der Waals surface area contributed by atoms with Crippen LogP contribution >= 0.6 is 0 Å². The summed E-state index contributed by atoms with van der Waals surface area (Å²) in [4.78, 5) is 32.2. The van der Waals surface area contributed by atoms with E-state index in [0.29, 0.717) is 11.9 Å². The highest BCUT2D eigenvalue weighted by Gasteiger charge is 2.19. The molecular formula is C31H28F2N4O2. The molecule has 198 valence electrons. The molecule has 5 aromatic rings. The Labute approximate surface area is 223 Å². The molecule has 0 fully saturated rings. The number of aromatic nitrogens is 3. The first kappa shape index (κ1) is 25.0. The van der Waals surface area contributed by atoms with Crippen LogP contribution in [0.3, 0.4) is 0 Å². The number of hydrogen-bond donors (Lipinski definition) is 1. The summed E-state index contributed by atoms with van der Waals surface area (Å²) in [6.45, 7) is 2.75. The Bertz CT molecular complexity index is 1830. The zero-order valence-corrected chi connectivity index (χ0v) is 21.4. The maximum absolute atomic E-state index is 14.7. The molecule has 1 aliphatic rings. The summed E-state index contributed by atoms with van der Waals surface area (Å²) in [6.07, 6.45) is 8.05. The van der Waals surface area contributed by atoms with Gasteiger partial charge in [0.25, 0.3) is 5.56 Å². The smallest absolute Gasteiger partial charge is 0.335 e. The number of H-pyrrole nitrogens is 1. The van der Waals surface area contributed by atoms with Gasteiger partial charge in [0.2, 0.25) is 0 Å². The van der Waals surface area contributed by atoms with Crippen molar-refractivity contribution >= 4 is 22.0 Å². The largest absolute Gasteiger partial charge is 0.361 e. The van der Waals surface area contributed by atoms with Crippen LogP contribution in [-0.2, 0) is 6.54 Å². The number of benzene rings is 2. The van der Waals surface area contributed by atoms with Crippen LogP contribution in [0.15, 0.2) is 88.7 Å². The van der Waals surface area contributed by atoms with Crippen molar-refractivity contribution in [3.8, 4) is 11.1 Å². The lowest BCUT2D eigenvalue weighted by Crippen LogP contribution is -2.39. The average Bonchev–Trinajstić information content (AvgIpc) is 3.37. The highest BCUT2D eigenvalue weighted by atomic mass is 19.1. The molecule has 0 aliphatic carbocycles. The van der Waals surface area contributed by atoms with Gasteiger partial charge >= 0.3 is 5.69 Å². The third kappa shape index (κ3) is 4.72. The number of fused-ring (bicyclic) bond motifs is 2. The van der Waals surface area contributed by atoms with Crippen molar-refractivity contribution in [2.24, 2.45) is 0 Å². The van der Waals surface area contributed by atoms with Crippen LogP contribution in [-0.4, -0.2) is 38.5 Å². The van der Waals surface area contributed by atoms with Gasteiger partial charge in [0, 0.05) is 54.1 Å². The second-order valence-electron chi connectivity index (χ2n) is 9.93. The second kappa shape index (κ2) is 10.5. The van der Waals surface area contributed by atoms with Crippen molar-refractivity contribution in [3.63, 3.8) is 0 Å². The van der Waals surface area contributed by atoms with E-state index in [9.17, 15) is 18.4 Å². The van der Waals surface area contributed by atoms with Gasteiger partial charge in [-0.3, -0.25) is 18.7 Å². The van der Waals surface area contributed by atoms with E-state index in [2.05, 4.69) is 16.0 Å². The molecular weight excluding hydrogens is 498 g/mol. The van der Waals surface area contributed by atoms with E-state index in [1.165, 1.54) is 26.7 Å². The molecule has 0 atom stereocenters. The molecule has 6 rings (SSSR count). The molecule has 8 heteroatoms. The minimum Gasteiger partial charge on any atom is -0.361 e. The summed E-state index contributed by atoms with van der Waals surface area (Å²) in [5.41, 5.74) is 3.06. The molecule has 0 amide bonds. The third-order valence-corrected chi connectivity index (χ3v) is 7.54. The summed E-state index contributed by atoms with van der Waals surface area (Å²) in [6, 6.07) is 16.1. The van der Waals surface area contributed by atoms with Gasteiger partial charge in [-0.2, -0.15) is 0 Å². The molecule has 6 nitrogen and oxygen atoms in total. The summed E-state index contributed by atoms with van der Waals surface area (Å²) >= 11 is 0. The first-order chi connectivity index (χ1) is 19.0. The second-order valence-corrected chi connectivity index (χ2v) is 9.93. The maximum atomic E-state index is 14.7. The molecule has 1 aliphatic heterocycles. The summed E-state index contributed by atoms with van der Waals surface area (Å²) in [5, 5.41) is 0.900. The molecule has 0 spiro atoms. The van der Waals surface area contributed by atoms with Crippen molar-refractivity contribution in [1.82, 2.24) is 18.9 Å². The van der Waals surface area contributed by atoms with Crippen molar-refractivity contribution in [2.75, 3.05) is 19.6 Å². The van der Waals surface area contributed by atoms with Gasteiger partial charge in [0.1, 0.15) is 11.6 Å².